The van der Waals surface area contributed by atoms with Gasteiger partial charge >= 0.3 is 6.09 Å². The molecule has 0 unspecified atom stereocenters. The van der Waals surface area contributed by atoms with Gasteiger partial charge in [0.05, 0.1) is 0 Å². The number of ether oxygens (including phenoxy) is 2. The summed E-state index contributed by atoms with van der Waals surface area (Å²) in [7, 11) is 0. The number of fused-ring (bicyclic) bond motifs is 1. The van der Waals surface area contributed by atoms with Crippen molar-refractivity contribution >= 4 is 23.0 Å². The highest BCUT2D eigenvalue weighted by Crippen LogP contribution is 2.37. The first-order valence-electron chi connectivity index (χ1n) is 6.03. The number of carbonyl (C=O) groups is 1. The number of hydrogen-bond donors (Lipinski definition) is 3. The van der Waals surface area contributed by atoms with Gasteiger partial charge in [-0.3, -0.25) is 10.3 Å². The number of aliphatic hydroxyl groups excluding tert-OH is 2. The molecule has 21 heavy (non-hydrogen) atoms. The van der Waals surface area contributed by atoms with Crippen LogP contribution in [0.1, 0.15) is 0 Å². The average Bonchev–Trinajstić information content (AvgIpc) is 2.83. The summed E-state index contributed by atoms with van der Waals surface area (Å²) in [5, 5.41) is 21.8. The second-order valence-electron chi connectivity index (χ2n) is 4.34. The SMILES string of the molecule is C=CCOC(=O)NC1=N[C@@H]2[C@@H](O)[C@H](O)[C@@H](C(F)F)O[C@@H]2S1. The van der Waals surface area contributed by atoms with Crippen molar-refractivity contribution in [2.45, 2.75) is 36.2 Å². The molecule has 1 fully saturated rings. The van der Waals surface area contributed by atoms with Crippen molar-refractivity contribution in [1.82, 2.24) is 5.32 Å². The molecule has 0 aliphatic carbocycles. The zero-order chi connectivity index (χ0) is 15.6. The number of amides is 1. The third kappa shape index (κ3) is 3.51. The molecule has 0 aromatic rings. The summed E-state index contributed by atoms with van der Waals surface area (Å²) in [4.78, 5) is 15.3. The Bertz CT molecular complexity index is 450. The van der Waals surface area contributed by atoms with E-state index in [1.807, 2.05) is 0 Å². The summed E-state index contributed by atoms with van der Waals surface area (Å²) in [5.74, 6) is 0. The molecule has 1 saturated heterocycles. The first-order valence-corrected chi connectivity index (χ1v) is 6.91. The van der Waals surface area contributed by atoms with Gasteiger partial charge in [-0.15, -0.1) is 0 Å². The molecule has 2 rings (SSSR count). The molecule has 0 bridgehead atoms. The molecule has 7 nitrogen and oxygen atoms in total. The molecule has 2 aliphatic heterocycles. The van der Waals surface area contributed by atoms with Gasteiger partial charge in [-0.05, 0) is 0 Å². The lowest BCUT2D eigenvalue weighted by atomic mass is 9.98. The molecule has 3 N–H and O–H groups in total. The molecule has 10 heteroatoms. The standard InChI is InChI=1S/C11H14F2N2O5S/c1-2-3-19-11(18)15-10-14-4-5(16)6(17)7(8(12)13)20-9(4)21-10/h2,4-9,16-17H,1,3H2,(H,14,15,18)/t4-,5-,6+,7+,9-/m1/s1. The number of amidine groups is 1. The van der Waals surface area contributed by atoms with E-state index in [0.29, 0.717) is 0 Å². The topological polar surface area (TPSA) is 100 Å². The number of alkyl halides is 2. The van der Waals surface area contributed by atoms with Crippen LogP contribution in [0.25, 0.3) is 0 Å². The minimum absolute atomic E-state index is 0.00192. The Morgan fingerprint density at radius 1 is 1.57 bits per heavy atom. The number of carbonyl (C=O) groups excluding carboxylic acids is 1. The predicted octanol–water partition coefficient (Wildman–Crippen LogP) is 0.0818. The van der Waals surface area contributed by atoms with Crippen LogP contribution in [-0.2, 0) is 9.47 Å². The van der Waals surface area contributed by atoms with Gasteiger partial charge in [0, 0.05) is 0 Å². The van der Waals surface area contributed by atoms with Gasteiger partial charge in [-0.1, -0.05) is 24.4 Å². The van der Waals surface area contributed by atoms with Crippen molar-refractivity contribution in [3.05, 3.63) is 12.7 Å². The lowest BCUT2D eigenvalue weighted by molar-refractivity contribution is -0.193. The van der Waals surface area contributed by atoms with Gasteiger partial charge in [0.1, 0.15) is 36.4 Å². The van der Waals surface area contributed by atoms with Crippen molar-refractivity contribution in [1.29, 1.82) is 0 Å². The number of aliphatic hydroxyl groups is 2. The van der Waals surface area contributed by atoms with Crippen molar-refractivity contribution in [3.8, 4) is 0 Å². The minimum Gasteiger partial charge on any atom is -0.445 e. The molecule has 118 valence electrons. The van der Waals surface area contributed by atoms with Gasteiger partial charge in [-0.25, -0.2) is 13.6 Å². The summed E-state index contributed by atoms with van der Waals surface area (Å²) in [6.07, 6.45) is -7.40. The van der Waals surface area contributed by atoms with Crippen molar-refractivity contribution in [2.24, 2.45) is 4.99 Å². The van der Waals surface area contributed by atoms with Gasteiger partial charge in [0.2, 0.25) is 0 Å². The predicted molar refractivity (Wildman–Crippen MR) is 70.2 cm³/mol. The number of hydrogen-bond acceptors (Lipinski definition) is 7. The summed E-state index contributed by atoms with van der Waals surface area (Å²) in [5.41, 5.74) is -0.905. The van der Waals surface area contributed by atoms with Crippen LogP contribution in [0, 0.1) is 0 Å². The summed E-state index contributed by atoms with van der Waals surface area (Å²) in [6, 6.07) is -0.935. The quantitative estimate of drug-likeness (QED) is 0.636. The minimum atomic E-state index is -2.94. The van der Waals surface area contributed by atoms with E-state index < -0.39 is 42.3 Å². The zero-order valence-electron chi connectivity index (χ0n) is 10.7. The molecular formula is C11H14F2N2O5S. The van der Waals surface area contributed by atoms with Crippen LogP contribution in [-0.4, -0.2) is 64.3 Å². The van der Waals surface area contributed by atoms with Gasteiger partial charge in [-0.2, -0.15) is 0 Å². The van der Waals surface area contributed by atoms with Crippen LogP contribution in [0.5, 0.6) is 0 Å². The van der Waals surface area contributed by atoms with Gasteiger partial charge in [0.15, 0.2) is 5.17 Å². The van der Waals surface area contributed by atoms with Crippen molar-refractivity contribution < 1.29 is 33.3 Å². The summed E-state index contributed by atoms with van der Waals surface area (Å²) >= 11 is 0.869. The highest BCUT2D eigenvalue weighted by Gasteiger charge is 2.51. The largest absolute Gasteiger partial charge is 0.445 e. The first kappa shape index (κ1) is 16.1. The Labute approximate surface area is 123 Å². The van der Waals surface area contributed by atoms with E-state index in [-0.39, 0.29) is 11.8 Å². The zero-order valence-corrected chi connectivity index (χ0v) is 11.5. The Hall–Kier alpha value is -1.23. The summed E-state index contributed by atoms with van der Waals surface area (Å²) < 4.78 is 35.1. The number of rotatable bonds is 3. The lowest BCUT2D eigenvalue weighted by Crippen LogP contribution is -2.56. The second-order valence-corrected chi connectivity index (χ2v) is 5.43. The number of halogens is 2. The monoisotopic (exact) mass is 324 g/mol. The maximum Gasteiger partial charge on any atom is 0.413 e. The second kappa shape index (κ2) is 6.69. The smallest absolute Gasteiger partial charge is 0.413 e. The number of nitrogens with zero attached hydrogens (tertiary/aromatic N) is 1. The third-order valence-electron chi connectivity index (χ3n) is 2.89. The molecule has 0 aromatic carbocycles. The Morgan fingerprint density at radius 2 is 2.29 bits per heavy atom. The molecule has 0 spiro atoms. The Morgan fingerprint density at radius 3 is 2.90 bits per heavy atom. The number of thioether (sulfide) groups is 1. The Kier molecular flexibility index (Phi) is 5.14. The molecule has 0 saturated carbocycles. The van der Waals surface area contributed by atoms with Crippen LogP contribution < -0.4 is 5.32 Å². The van der Waals surface area contributed by atoms with E-state index in [1.54, 1.807) is 0 Å². The highest BCUT2D eigenvalue weighted by atomic mass is 32.2. The fourth-order valence-corrected chi connectivity index (χ4v) is 3.00. The van der Waals surface area contributed by atoms with Crippen molar-refractivity contribution in [2.75, 3.05) is 6.61 Å². The normalized spacial score (nSPS) is 35.1. The maximum atomic E-state index is 12.7. The highest BCUT2D eigenvalue weighted by molar-refractivity contribution is 8.14. The van der Waals surface area contributed by atoms with E-state index in [1.165, 1.54) is 6.08 Å². The van der Waals surface area contributed by atoms with Crippen LogP contribution >= 0.6 is 11.8 Å². The van der Waals surface area contributed by atoms with E-state index >= 15 is 0 Å². The number of alkyl carbamates (subject to hydrolysis) is 1. The first-order chi connectivity index (χ1) is 9.93. The molecule has 0 radical (unpaired) electrons. The average molecular weight is 324 g/mol. The third-order valence-corrected chi connectivity index (χ3v) is 3.94. The van der Waals surface area contributed by atoms with Crippen molar-refractivity contribution in [3.63, 3.8) is 0 Å². The van der Waals surface area contributed by atoms with E-state index in [4.69, 9.17) is 4.74 Å². The number of nitrogens with one attached hydrogen (secondary N) is 1. The van der Waals surface area contributed by atoms with E-state index in [9.17, 15) is 23.8 Å². The van der Waals surface area contributed by atoms with E-state index in [0.717, 1.165) is 11.8 Å². The van der Waals surface area contributed by atoms with Gasteiger partial charge in [0.25, 0.3) is 6.43 Å². The molecule has 2 aliphatic rings. The lowest BCUT2D eigenvalue weighted by Gasteiger charge is -2.37. The Balaban J connectivity index is 1.99. The molecule has 2 heterocycles. The van der Waals surface area contributed by atoms with Crippen LogP contribution in [0.3, 0.4) is 0 Å². The van der Waals surface area contributed by atoms with Crippen LogP contribution in [0.4, 0.5) is 13.6 Å². The number of aliphatic imine (C=N–C) groups is 1. The van der Waals surface area contributed by atoms with Crippen LogP contribution in [0.2, 0.25) is 0 Å². The molecule has 0 aromatic heterocycles. The molecule has 1 amide bonds. The molecule has 5 atom stereocenters. The van der Waals surface area contributed by atoms with Gasteiger partial charge < -0.3 is 19.7 Å². The fraction of sp³-hybridized carbons (Fsp3) is 0.636. The van der Waals surface area contributed by atoms with Crippen LogP contribution in [0.15, 0.2) is 17.6 Å². The molecular weight excluding hydrogens is 310 g/mol. The van der Waals surface area contributed by atoms with E-state index in [2.05, 4.69) is 21.6 Å². The fourth-order valence-electron chi connectivity index (χ4n) is 1.91. The summed E-state index contributed by atoms with van der Waals surface area (Å²) in [6.45, 7) is 3.38. The maximum absolute atomic E-state index is 12.7.